The Hall–Kier alpha value is -3.30. The van der Waals surface area contributed by atoms with E-state index in [-0.39, 0.29) is 19.7 Å². The number of nitrogens with zero attached hydrogens (tertiary/aromatic N) is 1. The molecule has 4 rings (SSSR count). The van der Waals surface area contributed by atoms with E-state index in [9.17, 15) is 15.0 Å². The van der Waals surface area contributed by atoms with E-state index in [1.807, 2.05) is 60.7 Å². The summed E-state index contributed by atoms with van der Waals surface area (Å²) in [7, 11) is 1.55. The van der Waals surface area contributed by atoms with Gasteiger partial charge in [0.05, 0.1) is 63.9 Å². The van der Waals surface area contributed by atoms with Crippen LogP contribution < -0.4 is 9.47 Å². The second-order valence-electron chi connectivity index (χ2n) is 9.41. The molecule has 0 aromatic heterocycles. The largest absolute Gasteiger partial charge is 0.495 e. The zero-order valence-corrected chi connectivity index (χ0v) is 22.6. The van der Waals surface area contributed by atoms with Gasteiger partial charge in [-0.05, 0) is 41.0 Å². The molecular weight excluding hydrogens is 522 g/mol. The summed E-state index contributed by atoms with van der Waals surface area (Å²) >= 11 is 6.24. The summed E-state index contributed by atoms with van der Waals surface area (Å²) in [6.07, 6.45) is -1.82. The van der Waals surface area contributed by atoms with Crippen LogP contribution in [0, 0.1) is 0 Å². The van der Waals surface area contributed by atoms with Gasteiger partial charge in [-0.3, -0.25) is 0 Å². The minimum absolute atomic E-state index is 0.00938. The topological polar surface area (TPSA) is 97.7 Å². The van der Waals surface area contributed by atoms with E-state index in [4.69, 9.17) is 30.5 Å². The molecule has 3 unspecified atom stereocenters. The van der Waals surface area contributed by atoms with E-state index < -0.39 is 24.2 Å². The molecule has 9 heteroatoms. The van der Waals surface area contributed by atoms with Crippen molar-refractivity contribution in [3.05, 3.63) is 94.5 Å². The summed E-state index contributed by atoms with van der Waals surface area (Å²) in [6.45, 7) is 2.05. The van der Waals surface area contributed by atoms with Crippen molar-refractivity contribution in [2.24, 2.45) is 0 Å². The number of hydrogen-bond donors (Lipinski definition) is 2. The van der Waals surface area contributed by atoms with Gasteiger partial charge in [0.25, 0.3) is 0 Å². The van der Waals surface area contributed by atoms with Gasteiger partial charge in [-0.1, -0.05) is 60.1 Å². The number of carboxylic acid groups (broad SMARTS) is 1. The quantitative estimate of drug-likeness (QED) is 0.290. The van der Waals surface area contributed by atoms with E-state index in [2.05, 4.69) is 0 Å². The monoisotopic (exact) mass is 555 g/mol. The van der Waals surface area contributed by atoms with Crippen LogP contribution in [0.25, 0.3) is 0 Å². The maximum absolute atomic E-state index is 11.7. The molecule has 0 saturated carbocycles. The average molecular weight is 556 g/mol. The van der Waals surface area contributed by atoms with Crippen LogP contribution in [-0.2, 0) is 22.7 Å². The number of piperidine rings is 1. The van der Waals surface area contributed by atoms with E-state index in [1.54, 1.807) is 19.2 Å². The summed E-state index contributed by atoms with van der Waals surface area (Å²) in [5.74, 6) is 0.866. The molecule has 0 bridgehead atoms. The molecule has 3 aromatic rings. The van der Waals surface area contributed by atoms with Crippen LogP contribution >= 0.6 is 11.6 Å². The van der Waals surface area contributed by atoms with E-state index in [0.717, 1.165) is 23.1 Å². The highest BCUT2D eigenvalue weighted by molar-refractivity contribution is 6.32. The fraction of sp³-hybridized carbons (Fsp3) is 0.367. The van der Waals surface area contributed by atoms with Crippen molar-refractivity contribution in [1.82, 2.24) is 4.90 Å². The maximum atomic E-state index is 11.7. The second-order valence-corrected chi connectivity index (χ2v) is 9.82. The first-order valence-electron chi connectivity index (χ1n) is 12.9. The third kappa shape index (κ3) is 8.10. The lowest BCUT2D eigenvalue weighted by Crippen LogP contribution is -2.53. The molecule has 0 spiro atoms. The number of β-amino-alcohol motifs (C(OH)–C–C–N with tert-alkyl or cyclic N) is 1. The van der Waals surface area contributed by atoms with Gasteiger partial charge in [0.1, 0.15) is 11.5 Å². The molecule has 1 amide bonds. The van der Waals surface area contributed by atoms with Gasteiger partial charge < -0.3 is 34.1 Å². The Morgan fingerprint density at radius 1 is 0.974 bits per heavy atom. The minimum atomic E-state index is -1.09. The Morgan fingerprint density at radius 2 is 1.74 bits per heavy atom. The van der Waals surface area contributed by atoms with E-state index >= 15 is 0 Å². The lowest BCUT2D eigenvalue weighted by molar-refractivity contribution is -0.0660. The summed E-state index contributed by atoms with van der Waals surface area (Å²) in [5, 5.41) is 20.9. The van der Waals surface area contributed by atoms with Crippen LogP contribution in [0.3, 0.4) is 0 Å². The Kier molecular flexibility index (Phi) is 10.4. The van der Waals surface area contributed by atoms with Crippen LogP contribution in [0.2, 0.25) is 5.02 Å². The molecule has 8 nitrogen and oxygen atoms in total. The Balaban J connectivity index is 1.33. The van der Waals surface area contributed by atoms with Gasteiger partial charge in [0.2, 0.25) is 0 Å². The highest BCUT2D eigenvalue weighted by Crippen LogP contribution is 2.33. The van der Waals surface area contributed by atoms with Crippen LogP contribution in [0.15, 0.2) is 72.8 Å². The molecule has 1 fully saturated rings. The minimum Gasteiger partial charge on any atom is -0.495 e. The number of halogens is 1. The van der Waals surface area contributed by atoms with Crippen molar-refractivity contribution in [3.63, 3.8) is 0 Å². The fourth-order valence-electron chi connectivity index (χ4n) is 4.65. The first-order chi connectivity index (χ1) is 18.9. The van der Waals surface area contributed by atoms with Crippen LogP contribution in [-0.4, -0.2) is 66.8 Å². The number of ether oxygens (including phenoxy) is 4. The van der Waals surface area contributed by atoms with Crippen molar-refractivity contribution in [1.29, 1.82) is 0 Å². The first kappa shape index (κ1) is 28.7. The molecule has 1 heterocycles. The highest BCUT2D eigenvalue weighted by atomic mass is 35.5. The molecule has 0 radical (unpaired) electrons. The molecule has 3 atom stereocenters. The molecule has 208 valence electrons. The molecule has 2 N–H and O–H groups in total. The lowest BCUT2D eigenvalue weighted by atomic mass is 9.84. The predicted octanol–water partition coefficient (Wildman–Crippen LogP) is 5.36. The van der Waals surface area contributed by atoms with Gasteiger partial charge in [0.15, 0.2) is 0 Å². The number of amides is 1. The first-order valence-corrected chi connectivity index (χ1v) is 13.3. The molecule has 1 aliphatic heterocycles. The van der Waals surface area contributed by atoms with Crippen molar-refractivity contribution >= 4 is 17.7 Å². The normalized spacial score (nSPS) is 19.1. The van der Waals surface area contributed by atoms with Gasteiger partial charge in [-0.2, -0.15) is 0 Å². The average Bonchev–Trinajstić information content (AvgIpc) is 2.94. The van der Waals surface area contributed by atoms with Crippen LogP contribution in [0.1, 0.15) is 29.0 Å². The molecule has 3 aromatic carbocycles. The zero-order valence-electron chi connectivity index (χ0n) is 21.9. The van der Waals surface area contributed by atoms with Crippen molar-refractivity contribution in [2.75, 3.05) is 33.4 Å². The van der Waals surface area contributed by atoms with Gasteiger partial charge in [0, 0.05) is 12.3 Å². The highest BCUT2D eigenvalue weighted by Gasteiger charge is 2.39. The number of likely N-dealkylation sites (tertiary alicyclic amines) is 1. The van der Waals surface area contributed by atoms with Gasteiger partial charge >= 0.3 is 6.09 Å². The van der Waals surface area contributed by atoms with E-state index in [1.165, 1.54) is 4.90 Å². The number of benzene rings is 3. The van der Waals surface area contributed by atoms with Crippen LogP contribution in [0.5, 0.6) is 11.5 Å². The van der Waals surface area contributed by atoms with Crippen LogP contribution in [0.4, 0.5) is 4.79 Å². The van der Waals surface area contributed by atoms with Crippen molar-refractivity contribution in [3.8, 4) is 11.5 Å². The molecule has 39 heavy (non-hydrogen) atoms. The summed E-state index contributed by atoms with van der Waals surface area (Å²) in [6, 6.07) is 22.9. The third-order valence-electron chi connectivity index (χ3n) is 6.65. The predicted molar refractivity (Wildman–Crippen MR) is 148 cm³/mol. The second kappa shape index (κ2) is 14.2. The maximum Gasteiger partial charge on any atom is 0.407 e. The Morgan fingerprint density at radius 3 is 2.44 bits per heavy atom. The van der Waals surface area contributed by atoms with E-state index in [0.29, 0.717) is 36.3 Å². The number of rotatable bonds is 12. The SMILES string of the molecule is COc1ccc(COC2CN(C(=O)O)CC(O)C2c2ccc(OCCCOCc3ccccc3)cc2)cc1Cl. The number of carbonyl (C=O) groups is 1. The number of methoxy groups -OCH3 is 1. The number of hydrogen-bond acceptors (Lipinski definition) is 6. The Labute approximate surface area is 233 Å². The summed E-state index contributed by atoms with van der Waals surface area (Å²) in [5.41, 5.74) is 2.81. The van der Waals surface area contributed by atoms with Crippen molar-refractivity contribution in [2.45, 2.75) is 37.8 Å². The fourth-order valence-corrected chi connectivity index (χ4v) is 4.93. The Bertz CT molecular complexity index is 1190. The zero-order chi connectivity index (χ0) is 27.6. The van der Waals surface area contributed by atoms with Crippen molar-refractivity contribution < 1.29 is 34.0 Å². The number of aliphatic hydroxyl groups is 1. The van der Waals surface area contributed by atoms with Gasteiger partial charge in [-0.15, -0.1) is 0 Å². The summed E-state index contributed by atoms with van der Waals surface area (Å²) in [4.78, 5) is 12.8. The standard InChI is InChI=1S/C30H34ClNO7/c1-36-27-13-8-22(16-25(27)31)20-39-28-18-32(30(34)35)17-26(33)29(28)23-9-11-24(12-10-23)38-15-5-14-37-19-21-6-3-2-4-7-21/h2-4,6-13,16,26,28-29,33H,5,14-15,17-20H2,1H3,(H,34,35). The third-order valence-corrected chi connectivity index (χ3v) is 6.95. The molecule has 1 saturated heterocycles. The molecule has 0 aliphatic carbocycles. The lowest BCUT2D eigenvalue weighted by Gasteiger charge is -2.40. The molecule has 1 aliphatic rings. The van der Waals surface area contributed by atoms with Gasteiger partial charge in [-0.25, -0.2) is 4.79 Å². The summed E-state index contributed by atoms with van der Waals surface area (Å²) < 4.78 is 22.9. The number of aliphatic hydroxyl groups excluding tert-OH is 1. The molecular formula is C30H34ClNO7. The smallest absolute Gasteiger partial charge is 0.407 e.